The number of hydrogen-bond donors (Lipinski definition) is 2. The quantitative estimate of drug-likeness (QED) is 0.460. The summed E-state index contributed by atoms with van der Waals surface area (Å²) in [6.45, 7) is 2.09. The Bertz CT molecular complexity index is 1000. The van der Waals surface area contributed by atoms with Crippen molar-refractivity contribution in [2.75, 3.05) is 19.6 Å². The smallest absolute Gasteiger partial charge is 0.344 e. The zero-order valence-corrected chi connectivity index (χ0v) is 20.2. The average molecular weight is 486 g/mol. The highest BCUT2D eigenvalue weighted by molar-refractivity contribution is 7.10. The molecular weight excluding hydrogens is 452 g/mol. The van der Waals surface area contributed by atoms with Crippen LogP contribution >= 0.6 is 11.3 Å². The molecule has 2 bridgehead atoms. The van der Waals surface area contributed by atoms with Crippen LogP contribution in [0.25, 0.3) is 0 Å². The molecule has 1 aliphatic carbocycles. The van der Waals surface area contributed by atoms with E-state index in [0.29, 0.717) is 21.5 Å². The van der Waals surface area contributed by atoms with Crippen LogP contribution in [-0.4, -0.2) is 57.2 Å². The van der Waals surface area contributed by atoms with Gasteiger partial charge in [-0.25, -0.2) is 14.8 Å². The van der Waals surface area contributed by atoms with Crippen molar-refractivity contribution in [3.63, 3.8) is 0 Å². The normalized spacial score (nSPS) is 29.8. The van der Waals surface area contributed by atoms with Crippen LogP contribution in [0, 0.1) is 11.8 Å². The van der Waals surface area contributed by atoms with Gasteiger partial charge in [0, 0.05) is 41.9 Å². The number of nitrogens with zero attached hydrogens (tertiary/aromatic N) is 3. The molecular formula is C25H33N4O4S+. The number of amides is 1. The van der Waals surface area contributed by atoms with Gasteiger partial charge in [0.25, 0.3) is 5.91 Å². The maximum absolute atomic E-state index is 13.7. The monoisotopic (exact) mass is 485 g/mol. The highest BCUT2D eigenvalue weighted by Crippen LogP contribution is 2.45. The second-order valence-electron chi connectivity index (χ2n) is 10.2. The van der Waals surface area contributed by atoms with Gasteiger partial charge in [0.05, 0.1) is 18.7 Å². The first kappa shape index (κ1) is 23.4. The van der Waals surface area contributed by atoms with Gasteiger partial charge in [-0.15, -0.1) is 11.3 Å². The van der Waals surface area contributed by atoms with Gasteiger partial charge in [-0.05, 0) is 24.3 Å². The van der Waals surface area contributed by atoms with Gasteiger partial charge in [-0.1, -0.05) is 25.3 Å². The molecule has 0 aromatic carbocycles. The van der Waals surface area contributed by atoms with Crippen molar-refractivity contribution in [1.29, 1.82) is 0 Å². The third kappa shape index (κ3) is 4.03. The standard InChI is InChI=1S/C25H32N4O4S/c26-23(30)22(18-13-27-16-28-14-18)29-10-8-17(9-11-29)20(15-29)33-24(31)25(32,21-7-4-12-34-21)19-5-2-1-3-6-19/h4,7,12-14,16-17,19-20,22,32H,1-3,5-6,8-11,15H2,(H-,26,30)/p+1/t17?,20-,22?,25?,29?/m0/s1. The van der Waals surface area contributed by atoms with E-state index in [2.05, 4.69) is 9.97 Å². The molecule has 3 aliphatic heterocycles. The van der Waals surface area contributed by atoms with E-state index in [4.69, 9.17) is 10.5 Å². The summed E-state index contributed by atoms with van der Waals surface area (Å²) in [4.78, 5) is 35.2. The van der Waals surface area contributed by atoms with Crippen molar-refractivity contribution in [1.82, 2.24) is 9.97 Å². The van der Waals surface area contributed by atoms with E-state index in [1.165, 1.54) is 17.7 Å². The number of hydrogen-bond acceptors (Lipinski definition) is 7. The van der Waals surface area contributed by atoms with E-state index in [0.717, 1.165) is 58.0 Å². The fourth-order valence-corrected chi connectivity index (χ4v) is 7.47. The molecule has 8 nitrogen and oxygen atoms in total. The van der Waals surface area contributed by atoms with Crippen LogP contribution in [-0.2, 0) is 19.9 Å². The molecule has 1 amide bonds. The van der Waals surface area contributed by atoms with E-state index in [1.54, 1.807) is 12.4 Å². The number of carbonyl (C=O) groups is 2. The second-order valence-corrected chi connectivity index (χ2v) is 11.1. The van der Waals surface area contributed by atoms with Crippen molar-refractivity contribution in [2.24, 2.45) is 17.6 Å². The summed E-state index contributed by atoms with van der Waals surface area (Å²) in [5, 5.41) is 13.7. The first-order valence-corrected chi connectivity index (χ1v) is 13.2. The molecule has 6 rings (SSSR count). The molecule has 3 N–H and O–H groups in total. The number of nitrogens with two attached hydrogens (primary N) is 1. The number of quaternary nitrogens is 1. The van der Waals surface area contributed by atoms with E-state index < -0.39 is 23.5 Å². The number of esters is 1. The molecule has 3 saturated heterocycles. The third-order valence-electron chi connectivity index (χ3n) is 8.34. The molecule has 4 fully saturated rings. The van der Waals surface area contributed by atoms with Crippen LogP contribution in [0.2, 0.25) is 0 Å². The maximum atomic E-state index is 13.7. The molecule has 4 aliphatic rings. The minimum Gasteiger partial charge on any atom is -0.454 e. The Morgan fingerprint density at radius 3 is 2.47 bits per heavy atom. The van der Waals surface area contributed by atoms with Gasteiger partial charge < -0.3 is 20.1 Å². The Morgan fingerprint density at radius 1 is 1.15 bits per heavy atom. The molecule has 3 atom stereocenters. The third-order valence-corrected chi connectivity index (χ3v) is 9.33. The first-order chi connectivity index (χ1) is 16.4. The number of primary amides is 1. The lowest BCUT2D eigenvalue weighted by molar-refractivity contribution is -0.965. The predicted octanol–water partition coefficient (Wildman–Crippen LogP) is 2.68. The summed E-state index contributed by atoms with van der Waals surface area (Å²) in [5.74, 6) is -0.880. The number of ether oxygens (including phenoxy) is 1. The van der Waals surface area contributed by atoms with Crippen LogP contribution in [0.1, 0.15) is 61.4 Å². The molecule has 5 heterocycles. The molecule has 1 saturated carbocycles. The lowest BCUT2D eigenvalue weighted by Gasteiger charge is -2.54. The van der Waals surface area contributed by atoms with E-state index in [9.17, 15) is 14.7 Å². The molecule has 2 unspecified atom stereocenters. The predicted molar refractivity (Wildman–Crippen MR) is 126 cm³/mol. The largest absolute Gasteiger partial charge is 0.454 e. The lowest BCUT2D eigenvalue weighted by Crippen LogP contribution is -2.67. The molecule has 2 aromatic rings. The highest BCUT2D eigenvalue weighted by Gasteiger charge is 2.56. The topological polar surface area (TPSA) is 115 Å². The number of fused-ring (bicyclic) bond motifs is 3. The molecule has 9 heteroatoms. The maximum Gasteiger partial charge on any atom is 0.344 e. The molecule has 34 heavy (non-hydrogen) atoms. The first-order valence-electron chi connectivity index (χ1n) is 12.3. The molecule has 0 spiro atoms. The number of aliphatic hydroxyl groups is 1. The zero-order chi connectivity index (χ0) is 23.8. The van der Waals surface area contributed by atoms with E-state index in [-0.39, 0.29) is 17.9 Å². The summed E-state index contributed by atoms with van der Waals surface area (Å²) in [6.07, 6.45) is 10.8. The van der Waals surface area contributed by atoms with Gasteiger partial charge >= 0.3 is 5.97 Å². The van der Waals surface area contributed by atoms with Crippen molar-refractivity contribution in [3.8, 4) is 0 Å². The van der Waals surface area contributed by atoms with Crippen LogP contribution < -0.4 is 5.73 Å². The van der Waals surface area contributed by atoms with E-state index >= 15 is 0 Å². The fraction of sp³-hybridized carbons (Fsp3) is 0.600. The van der Waals surface area contributed by atoms with Gasteiger partial charge in [-0.2, -0.15) is 0 Å². The van der Waals surface area contributed by atoms with E-state index in [1.807, 2.05) is 17.5 Å². The van der Waals surface area contributed by atoms with Crippen LogP contribution in [0.15, 0.2) is 36.2 Å². The number of piperidine rings is 3. The van der Waals surface area contributed by atoms with Gasteiger partial charge in [0.15, 0.2) is 17.7 Å². The van der Waals surface area contributed by atoms with Crippen molar-refractivity contribution >= 4 is 23.2 Å². The lowest BCUT2D eigenvalue weighted by atomic mass is 9.75. The average Bonchev–Trinajstić information content (AvgIpc) is 3.41. The number of thiophene rings is 1. The highest BCUT2D eigenvalue weighted by atomic mass is 32.1. The van der Waals surface area contributed by atoms with Crippen molar-refractivity contribution in [3.05, 3.63) is 46.7 Å². The fourth-order valence-electron chi connectivity index (χ4n) is 6.57. The van der Waals surface area contributed by atoms with Crippen LogP contribution in [0.5, 0.6) is 0 Å². The minimum atomic E-state index is -1.62. The Morgan fingerprint density at radius 2 is 1.85 bits per heavy atom. The SMILES string of the molecule is NC(=O)C(c1cncnc1)[N+]12CCC(CC1)[C@@H](OC(=O)C(O)(c1cccs1)C1CCCCC1)C2. The van der Waals surface area contributed by atoms with Crippen LogP contribution in [0.3, 0.4) is 0 Å². The summed E-state index contributed by atoms with van der Waals surface area (Å²) in [5.41, 5.74) is 4.97. The number of aromatic nitrogens is 2. The minimum absolute atomic E-state index is 0.142. The second kappa shape index (κ2) is 9.36. The van der Waals surface area contributed by atoms with Crippen molar-refractivity contribution in [2.45, 2.75) is 62.7 Å². The number of rotatable bonds is 7. The molecule has 2 aromatic heterocycles. The van der Waals surface area contributed by atoms with Gasteiger partial charge in [-0.3, -0.25) is 4.79 Å². The van der Waals surface area contributed by atoms with Gasteiger partial charge in [0.1, 0.15) is 12.9 Å². The summed E-state index contributed by atoms with van der Waals surface area (Å²) in [7, 11) is 0. The summed E-state index contributed by atoms with van der Waals surface area (Å²) < 4.78 is 6.62. The number of carbonyl (C=O) groups excluding carboxylic acids is 2. The zero-order valence-electron chi connectivity index (χ0n) is 19.3. The Hall–Kier alpha value is -2.36. The summed E-state index contributed by atoms with van der Waals surface area (Å²) in [6, 6.07) is 3.12. The van der Waals surface area contributed by atoms with Crippen LogP contribution in [0.4, 0.5) is 0 Å². The summed E-state index contributed by atoms with van der Waals surface area (Å²) >= 11 is 1.40. The van der Waals surface area contributed by atoms with Gasteiger partial charge in [0.2, 0.25) is 0 Å². The molecule has 182 valence electrons. The Kier molecular flexibility index (Phi) is 6.43. The Labute approximate surface area is 203 Å². The van der Waals surface area contributed by atoms with Crippen molar-refractivity contribution < 1.29 is 23.9 Å². The Balaban J connectivity index is 1.41. The molecule has 0 radical (unpaired) electrons.